The number of aromatic nitrogens is 4. The first-order valence-electron chi connectivity index (χ1n) is 16.2. The number of H-pyrrole nitrogens is 1. The molecule has 2 N–H and O–H groups in total. The van der Waals surface area contributed by atoms with Gasteiger partial charge in [-0.3, -0.25) is 19.6 Å². The van der Waals surface area contributed by atoms with Crippen molar-refractivity contribution < 1.29 is 18.4 Å². The number of piperazine rings is 1. The largest absolute Gasteiger partial charge is 0.365 e. The normalized spacial score (nSPS) is 22.1. The van der Waals surface area contributed by atoms with E-state index in [1.807, 2.05) is 21.9 Å². The van der Waals surface area contributed by atoms with E-state index in [1.54, 1.807) is 48.8 Å². The molecule has 3 saturated heterocycles. The molecule has 3 fully saturated rings. The Morgan fingerprint density at radius 3 is 2.46 bits per heavy atom. The summed E-state index contributed by atoms with van der Waals surface area (Å²) in [7, 11) is 0. The highest BCUT2D eigenvalue weighted by Crippen LogP contribution is 2.37. The van der Waals surface area contributed by atoms with E-state index >= 15 is 0 Å². The van der Waals surface area contributed by atoms with Crippen molar-refractivity contribution in [2.24, 2.45) is 5.41 Å². The van der Waals surface area contributed by atoms with Gasteiger partial charge in [0, 0.05) is 66.0 Å². The molecule has 3 aromatic carbocycles. The number of nitrogens with zero attached hydrogens (tertiary/aromatic N) is 6. The highest BCUT2D eigenvalue weighted by Gasteiger charge is 2.48. The third kappa shape index (κ3) is 5.45. The summed E-state index contributed by atoms with van der Waals surface area (Å²) in [6, 6.07) is 21.7. The Morgan fingerprint density at radius 2 is 1.73 bits per heavy atom. The van der Waals surface area contributed by atoms with Gasteiger partial charge in [-0.05, 0) is 92.2 Å². The molecule has 12 heteroatoms. The fourth-order valence-electron chi connectivity index (χ4n) is 7.45. The highest BCUT2D eigenvalue weighted by molar-refractivity contribution is 6.00. The molecule has 5 heterocycles. The van der Waals surface area contributed by atoms with Crippen LogP contribution in [-0.2, 0) is 9.59 Å². The maximum atomic E-state index is 14.6. The number of hydrogen-bond donors (Lipinski definition) is 2. The number of carbonyl (C=O) groups is 2. The average molecular weight is 649 g/mol. The zero-order chi connectivity index (χ0) is 32.8. The molecule has 0 radical (unpaired) electrons. The summed E-state index contributed by atoms with van der Waals surface area (Å²) in [5.41, 5.74) is 3.46. The third-order valence-electron chi connectivity index (χ3n) is 10.1. The minimum absolute atomic E-state index is 0.0209. The number of nitrogens with one attached hydrogen (secondary N) is 2. The van der Waals surface area contributed by atoms with Crippen molar-refractivity contribution in [3.8, 4) is 22.6 Å². The second kappa shape index (κ2) is 12.1. The van der Waals surface area contributed by atoms with Gasteiger partial charge >= 0.3 is 0 Å². The number of rotatable bonds is 8. The lowest BCUT2D eigenvalue weighted by Gasteiger charge is -2.36. The number of anilines is 2. The third-order valence-corrected chi connectivity index (χ3v) is 10.1. The molecule has 0 saturated carbocycles. The van der Waals surface area contributed by atoms with Crippen LogP contribution in [0, 0.1) is 11.2 Å². The molecular weight excluding hydrogens is 614 g/mol. The molecule has 48 heavy (non-hydrogen) atoms. The zero-order valence-corrected chi connectivity index (χ0v) is 26.2. The number of aromatic amines is 1. The molecule has 3 aliphatic heterocycles. The Kier molecular flexibility index (Phi) is 7.59. The number of hydrogen-bond acceptors (Lipinski definition) is 7. The molecule has 8 rings (SSSR count). The fraction of sp³-hybridized carbons (Fsp3) is 0.306. The van der Waals surface area contributed by atoms with Crippen molar-refractivity contribution in [2.45, 2.75) is 24.9 Å². The summed E-state index contributed by atoms with van der Waals surface area (Å²) in [6.07, 6.45) is 4.69. The first-order valence-corrected chi connectivity index (χ1v) is 16.2. The maximum Gasteiger partial charge on any atom is 0.237 e. The van der Waals surface area contributed by atoms with Gasteiger partial charge in [0.2, 0.25) is 11.8 Å². The molecule has 3 atom stereocenters. The molecule has 2 amide bonds. The summed E-state index contributed by atoms with van der Waals surface area (Å²) >= 11 is 0. The number of amides is 2. The molecule has 2 aromatic heterocycles. The number of fused-ring (bicyclic) bond motifs is 3. The smallest absolute Gasteiger partial charge is 0.237 e. The second-order valence-electron chi connectivity index (χ2n) is 13.0. The van der Waals surface area contributed by atoms with Crippen LogP contribution < -0.4 is 10.2 Å². The molecule has 1 unspecified atom stereocenters. The van der Waals surface area contributed by atoms with Gasteiger partial charge in [0.25, 0.3) is 0 Å². The number of benzene rings is 3. The van der Waals surface area contributed by atoms with Crippen LogP contribution in [0.2, 0.25) is 0 Å². The lowest BCUT2D eigenvalue weighted by Crippen LogP contribution is -2.51. The lowest BCUT2D eigenvalue weighted by atomic mass is 9.87. The number of halogens is 2. The van der Waals surface area contributed by atoms with Crippen molar-refractivity contribution in [1.82, 2.24) is 30.0 Å². The summed E-state index contributed by atoms with van der Waals surface area (Å²) in [4.78, 5) is 41.9. The van der Waals surface area contributed by atoms with Gasteiger partial charge in [0.15, 0.2) is 5.82 Å². The molecule has 2 bridgehead atoms. The van der Waals surface area contributed by atoms with Crippen LogP contribution in [0.15, 0.2) is 85.2 Å². The van der Waals surface area contributed by atoms with Crippen LogP contribution in [0.1, 0.15) is 12.8 Å². The molecule has 3 aliphatic rings. The van der Waals surface area contributed by atoms with E-state index in [4.69, 9.17) is 0 Å². The van der Waals surface area contributed by atoms with Crippen LogP contribution in [0.4, 0.5) is 20.2 Å². The minimum Gasteiger partial charge on any atom is -0.365 e. The van der Waals surface area contributed by atoms with Crippen molar-refractivity contribution in [3.63, 3.8) is 0 Å². The maximum absolute atomic E-state index is 14.6. The first-order chi connectivity index (χ1) is 23.4. The summed E-state index contributed by atoms with van der Waals surface area (Å²) in [5.74, 6) is -0.0422. The lowest BCUT2D eigenvalue weighted by molar-refractivity contribution is -0.134. The fourth-order valence-corrected chi connectivity index (χ4v) is 7.45. The van der Waals surface area contributed by atoms with Crippen LogP contribution in [0.25, 0.3) is 33.5 Å². The second-order valence-corrected chi connectivity index (χ2v) is 13.0. The van der Waals surface area contributed by atoms with Crippen LogP contribution >= 0.6 is 0 Å². The molecule has 5 aromatic rings. The average Bonchev–Trinajstić information content (AvgIpc) is 3.93. The monoisotopic (exact) mass is 648 g/mol. The van der Waals surface area contributed by atoms with Crippen molar-refractivity contribution in [1.29, 1.82) is 0 Å². The predicted molar refractivity (Wildman–Crippen MR) is 178 cm³/mol. The minimum atomic E-state index is -1.25. The molecule has 10 nitrogen and oxygen atoms in total. The molecular formula is C36H34F2N8O2. The van der Waals surface area contributed by atoms with E-state index in [-0.39, 0.29) is 36.9 Å². The Balaban J connectivity index is 0.884. The molecule has 0 spiro atoms. The van der Waals surface area contributed by atoms with E-state index in [1.165, 1.54) is 12.1 Å². The van der Waals surface area contributed by atoms with E-state index in [2.05, 4.69) is 42.5 Å². The van der Waals surface area contributed by atoms with Gasteiger partial charge in [-0.25, -0.2) is 18.7 Å². The SMILES string of the molecule is O=C(CN1CCC(CF)(C(=O)Nc2ccc3[nH]nc(-c4ccc(F)cc4)c3c2)C1)N1C[C@H]2C[C@@H]1CN2c1ccc(-c2ncccn2)cc1. The van der Waals surface area contributed by atoms with Crippen LogP contribution in [0.3, 0.4) is 0 Å². The van der Waals surface area contributed by atoms with Gasteiger partial charge in [-0.15, -0.1) is 0 Å². The van der Waals surface area contributed by atoms with Crippen molar-refractivity contribution >= 4 is 34.1 Å². The quantitative estimate of drug-likeness (QED) is 0.246. The zero-order valence-electron chi connectivity index (χ0n) is 26.2. The van der Waals surface area contributed by atoms with E-state index in [0.717, 1.165) is 40.7 Å². The van der Waals surface area contributed by atoms with Crippen molar-refractivity contribution in [3.05, 3.63) is 91.0 Å². The summed E-state index contributed by atoms with van der Waals surface area (Å²) in [5, 5.41) is 11.0. The highest BCUT2D eigenvalue weighted by atomic mass is 19.1. The first kappa shape index (κ1) is 30.1. The van der Waals surface area contributed by atoms with Gasteiger partial charge in [-0.1, -0.05) is 0 Å². The van der Waals surface area contributed by atoms with Gasteiger partial charge in [0.1, 0.15) is 12.5 Å². The van der Waals surface area contributed by atoms with E-state index in [0.29, 0.717) is 36.7 Å². The van der Waals surface area contributed by atoms with Crippen LogP contribution in [0.5, 0.6) is 0 Å². The Hall–Kier alpha value is -5.23. The number of likely N-dealkylation sites (tertiary alicyclic amines) is 2. The van der Waals surface area contributed by atoms with Gasteiger partial charge in [0.05, 0.1) is 29.2 Å². The van der Waals surface area contributed by atoms with E-state index in [9.17, 15) is 18.4 Å². The Bertz CT molecular complexity index is 1970. The van der Waals surface area contributed by atoms with Gasteiger partial charge < -0.3 is 15.1 Å². The predicted octanol–water partition coefficient (Wildman–Crippen LogP) is 4.92. The summed E-state index contributed by atoms with van der Waals surface area (Å²) < 4.78 is 28.1. The Morgan fingerprint density at radius 1 is 0.958 bits per heavy atom. The standard InChI is InChI=1S/C36H34F2N8O2/c37-21-36(35(48)41-26-8-11-31-30(16-26)33(43-42-31)23-2-6-25(38)7-3-23)12-15-44(22-36)20-32(47)46-19-28-17-29(46)18-45(28)27-9-4-24(5-10-27)34-39-13-1-14-40-34/h1-11,13-14,16,28-29H,12,15,17-22H2,(H,41,48)(H,42,43)/t28-,29-,36?/m1/s1. The Labute approximate surface area is 275 Å². The molecule has 0 aliphatic carbocycles. The number of carbonyl (C=O) groups excluding carboxylic acids is 2. The summed E-state index contributed by atoms with van der Waals surface area (Å²) in [6.45, 7) is 1.37. The topological polar surface area (TPSA) is 110 Å². The number of alkyl halides is 1. The van der Waals surface area contributed by atoms with Gasteiger partial charge in [-0.2, -0.15) is 5.10 Å². The van der Waals surface area contributed by atoms with Crippen molar-refractivity contribution in [2.75, 3.05) is 49.6 Å². The van der Waals surface area contributed by atoms with E-state index < -0.39 is 18.0 Å². The molecule has 244 valence electrons. The van der Waals surface area contributed by atoms with Crippen LogP contribution in [-0.4, -0.2) is 93.3 Å².